The number of hydrogen-bond acceptors (Lipinski definition) is 6. The summed E-state index contributed by atoms with van der Waals surface area (Å²) in [5, 5.41) is 4.89. The zero-order chi connectivity index (χ0) is 20.3. The maximum atomic E-state index is 12.4. The first-order chi connectivity index (χ1) is 13.4. The Morgan fingerprint density at radius 1 is 1.21 bits per heavy atom. The molecule has 0 aliphatic rings. The number of carbonyl (C=O) groups excluding carboxylic acids is 1. The van der Waals surface area contributed by atoms with E-state index in [1.54, 1.807) is 11.3 Å². The lowest BCUT2D eigenvalue weighted by Gasteiger charge is -2.10. The molecule has 0 spiro atoms. The second-order valence-electron chi connectivity index (χ2n) is 6.80. The molecule has 1 aromatic carbocycles. The molecule has 5 nitrogen and oxygen atoms in total. The van der Waals surface area contributed by atoms with E-state index in [9.17, 15) is 4.79 Å². The van der Waals surface area contributed by atoms with Crippen LogP contribution in [0.2, 0.25) is 0 Å². The normalized spacial score (nSPS) is 11.2. The highest BCUT2D eigenvalue weighted by atomic mass is 32.2. The van der Waals surface area contributed by atoms with E-state index in [2.05, 4.69) is 33.0 Å². The molecular formula is C21H25N3O2S2. The number of anilines is 1. The molecule has 0 bridgehead atoms. The van der Waals surface area contributed by atoms with Gasteiger partial charge in [-0.05, 0) is 50.6 Å². The summed E-state index contributed by atoms with van der Waals surface area (Å²) in [5.41, 5.74) is 1.96. The summed E-state index contributed by atoms with van der Waals surface area (Å²) in [6, 6.07) is 7.40. The van der Waals surface area contributed by atoms with Crippen molar-refractivity contribution in [2.75, 3.05) is 17.7 Å². The second-order valence-corrected chi connectivity index (χ2v) is 8.97. The zero-order valence-corrected chi connectivity index (χ0v) is 18.5. The van der Waals surface area contributed by atoms with E-state index in [0.29, 0.717) is 12.4 Å². The highest BCUT2D eigenvalue weighted by Crippen LogP contribution is 2.36. The summed E-state index contributed by atoms with van der Waals surface area (Å²) < 4.78 is 5.43. The summed E-state index contributed by atoms with van der Waals surface area (Å²) in [6.45, 7) is 10.9. The first kappa shape index (κ1) is 20.6. The molecule has 2 heterocycles. The number of rotatable bonds is 7. The molecule has 0 radical (unpaired) electrons. The highest BCUT2D eigenvalue weighted by Gasteiger charge is 2.17. The molecule has 2 aromatic heterocycles. The smallest absolute Gasteiger partial charge is 0.234 e. The van der Waals surface area contributed by atoms with Gasteiger partial charge < -0.3 is 10.1 Å². The second kappa shape index (κ2) is 8.92. The van der Waals surface area contributed by atoms with Crippen LogP contribution in [0.1, 0.15) is 43.0 Å². The fourth-order valence-corrected chi connectivity index (χ4v) is 4.72. The third-order valence-corrected chi connectivity index (χ3v) is 6.39. The van der Waals surface area contributed by atoms with Crippen molar-refractivity contribution in [1.82, 2.24) is 9.97 Å². The number of fused-ring (bicyclic) bond motifs is 1. The number of ether oxygens (including phenoxy) is 1. The van der Waals surface area contributed by atoms with Crippen LogP contribution in [0, 0.1) is 13.8 Å². The van der Waals surface area contributed by atoms with Crippen LogP contribution in [0.4, 0.5) is 5.69 Å². The Morgan fingerprint density at radius 3 is 2.57 bits per heavy atom. The zero-order valence-electron chi connectivity index (χ0n) is 16.8. The average molecular weight is 416 g/mol. The van der Waals surface area contributed by atoms with Gasteiger partial charge in [0.2, 0.25) is 5.91 Å². The Bertz CT molecular complexity index is 981. The van der Waals surface area contributed by atoms with Gasteiger partial charge >= 0.3 is 0 Å². The monoisotopic (exact) mass is 415 g/mol. The Labute approximate surface area is 173 Å². The number of nitrogens with one attached hydrogen (secondary N) is 1. The van der Waals surface area contributed by atoms with E-state index >= 15 is 0 Å². The van der Waals surface area contributed by atoms with Crippen molar-refractivity contribution in [2.24, 2.45) is 0 Å². The molecule has 0 saturated carbocycles. The lowest BCUT2D eigenvalue weighted by molar-refractivity contribution is -0.113. The molecule has 3 rings (SSSR count). The molecule has 0 saturated heterocycles. The van der Waals surface area contributed by atoms with Crippen LogP contribution in [0.5, 0.6) is 5.75 Å². The molecule has 7 heteroatoms. The molecule has 0 atom stereocenters. The van der Waals surface area contributed by atoms with Gasteiger partial charge in [0.05, 0.1) is 12.4 Å². The van der Waals surface area contributed by atoms with Gasteiger partial charge in [0.15, 0.2) is 0 Å². The van der Waals surface area contributed by atoms with E-state index in [1.807, 2.05) is 31.2 Å². The van der Waals surface area contributed by atoms with E-state index in [0.717, 1.165) is 32.5 Å². The summed E-state index contributed by atoms with van der Waals surface area (Å²) in [7, 11) is 0. The Balaban J connectivity index is 1.74. The van der Waals surface area contributed by atoms with E-state index in [1.165, 1.54) is 22.2 Å². The summed E-state index contributed by atoms with van der Waals surface area (Å²) >= 11 is 3.16. The topological polar surface area (TPSA) is 64.1 Å². The predicted molar refractivity (Wildman–Crippen MR) is 118 cm³/mol. The highest BCUT2D eigenvalue weighted by molar-refractivity contribution is 8.00. The fraction of sp³-hybridized carbons (Fsp3) is 0.381. The number of hydrogen-bond donors (Lipinski definition) is 1. The van der Waals surface area contributed by atoms with Crippen molar-refractivity contribution in [3.8, 4) is 5.75 Å². The van der Waals surface area contributed by atoms with Gasteiger partial charge in [-0.2, -0.15) is 0 Å². The fourth-order valence-electron chi connectivity index (χ4n) is 2.72. The third kappa shape index (κ3) is 4.64. The van der Waals surface area contributed by atoms with E-state index < -0.39 is 0 Å². The number of nitrogens with zero attached hydrogens (tertiary/aromatic N) is 2. The van der Waals surface area contributed by atoms with Crippen molar-refractivity contribution in [3.63, 3.8) is 0 Å². The quantitative estimate of drug-likeness (QED) is 0.404. The van der Waals surface area contributed by atoms with Crippen molar-refractivity contribution in [1.29, 1.82) is 0 Å². The van der Waals surface area contributed by atoms with Crippen molar-refractivity contribution >= 4 is 44.9 Å². The number of thiophene rings is 1. The molecule has 1 N–H and O–H groups in total. The number of aromatic nitrogens is 2. The SMILES string of the molecule is CCOc1ccc(NC(=O)CSc2nc(C(C)C)nc3sc(C)c(C)c23)cc1. The Hall–Kier alpha value is -2.12. The van der Waals surface area contributed by atoms with Crippen LogP contribution in [0.15, 0.2) is 29.3 Å². The number of aryl methyl sites for hydroxylation is 2. The number of amides is 1. The van der Waals surface area contributed by atoms with Gasteiger partial charge in [-0.25, -0.2) is 9.97 Å². The maximum Gasteiger partial charge on any atom is 0.234 e. The lowest BCUT2D eigenvalue weighted by Crippen LogP contribution is -2.14. The van der Waals surface area contributed by atoms with Crippen LogP contribution in [-0.4, -0.2) is 28.2 Å². The molecule has 0 unspecified atom stereocenters. The molecule has 0 aliphatic heterocycles. The first-order valence-corrected chi connectivity index (χ1v) is 11.1. The predicted octanol–water partition coefficient (Wildman–Crippen LogP) is 5.56. The van der Waals surface area contributed by atoms with Gasteiger partial charge in [0, 0.05) is 21.9 Å². The molecule has 0 aliphatic carbocycles. The molecule has 0 fully saturated rings. The van der Waals surface area contributed by atoms with Crippen molar-refractivity contribution in [2.45, 2.75) is 45.6 Å². The van der Waals surface area contributed by atoms with Crippen LogP contribution in [-0.2, 0) is 4.79 Å². The van der Waals surface area contributed by atoms with Crippen molar-refractivity contribution in [3.05, 3.63) is 40.5 Å². The molecule has 28 heavy (non-hydrogen) atoms. The summed E-state index contributed by atoms with van der Waals surface area (Å²) in [5.74, 6) is 2.09. The Kier molecular flexibility index (Phi) is 6.57. The third-order valence-electron chi connectivity index (χ3n) is 4.32. The van der Waals surface area contributed by atoms with Crippen LogP contribution >= 0.6 is 23.1 Å². The van der Waals surface area contributed by atoms with Gasteiger partial charge in [0.25, 0.3) is 0 Å². The van der Waals surface area contributed by atoms with Gasteiger partial charge in [0.1, 0.15) is 21.4 Å². The maximum absolute atomic E-state index is 12.4. The largest absolute Gasteiger partial charge is 0.494 e. The summed E-state index contributed by atoms with van der Waals surface area (Å²) in [6.07, 6.45) is 0. The van der Waals surface area contributed by atoms with Gasteiger partial charge in [-0.15, -0.1) is 11.3 Å². The standard InChI is InChI=1S/C21H25N3O2S2/c1-6-26-16-9-7-15(8-10-16)22-17(25)11-27-20-18-13(4)14(5)28-21(18)24-19(23-20)12(2)3/h7-10,12H,6,11H2,1-5H3,(H,22,25). The lowest BCUT2D eigenvalue weighted by atomic mass is 10.2. The van der Waals surface area contributed by atoms with Crippen LogP contribution < -0.4 is 10.1 Å². The average Bonchev–Trinajstić information content (AvgIpc) is 2.95. The van der Waals surface area contributed by atoms with Gasteiger partial charge in [-0.3, -0.25) is 4.79 Å². The number of carbonyl (C=O) groups is 1. The molecule has 3 aromatic rings. The minimum absolute atomic E-state index is 0.0587. The molecule has 148 valence electrons. The van der Waals surface area contributed by atoms with E-state index in [-0.39, 0.29) is 11.8 Å². The van der Waals surface area contributed by atoms with Gasteiger partial charge in [-0.1, -0.05) is 25.6 Å². The van der Waals surface area contributed by atoms with Crippen LogP contribution in [0.3, 0.4) is 0 Å². The van der Waals surface area contributed by atoms with E-state index in [4.69, 9.17) is 14.7 Å². The van der Waals surface area contributed by atoms with Crippen LogP contribution in [0.25, 0.3) is 10.2 Å². The molecular weight excluding hydrogens is 390 g/mol. The Morgan fingerprint density at radius 2 is 1.93 bits per heavy atom. The number of thioether (sulfide) groups is 1. The first-order valence-electron chi connectivity index (χ1n) is 9.32. The molecule has 1 amide bonds. The summed E-state index contributed by atoms with van der Waals surface area (Å²) in [4.78, 5) is 24.1. The minimum atomic E-state index is -0.0587. The van der Waals surface area contributed by atoms with Crippen molar-refractivity contribution < 1.29 is 9.53 Å². The number of benzene rings is 1. The minimum Gasteiger partial charge on any atom is -0.494 e.